The molecule has 0 aromatic heterocycles. The lowest BCUT2D eigenvalue weighted by Crippen LogP contribution is -2.09. The van der Waals surface area contributed by atoms with Crippen molar-refractivity contribution in [2.75, 3.05) is 6.61 Å². The Kier molecular flexibility index (Phi) is 2.60. The second-order valence-corrected chi connectivity index (χ2v) is 5.01. The monoisotopic (exact) mass is 218 g/mol. The van der Waals surface area contributed by atoms with Crippen LogP contribution in [0.4, 0.5) is 0 Å². The minimum Gasteiger partial charge on any atom is -0.493 e. The molecule has 0 amide bonds. The molecule has 1 N–H and O–H groups in total. The Labute approximate surface area is 96.2 Å². The molecule has 0 bridgehead atoms. The van der Waals surface area contributed by atoms with Gasteiger partial charge in [0.05, 0.1) is 12.7 Å². The van der Waals surface area contributed by atoms with E-state index in [2.05, 4.69) is 6.07 Å². The molecule has 1 unspecified atom stereocenters. The first-order chi connectivity index (χ1) is 7.83. The van der Waals surface area contributed by atoms with E-state index in [1.54, 1.807) is 0 Å². The molecule has 1 aliphatic heterocycles. The van der Waals surface area contributed by atoms with Gasteiger partial charge in [-0.1, -0.05) is 18.9 Å². The normalized spacial score (nSPS) is 21.1. The first-order valence-electron chi connectivity index (χ1n) is 6.26. The zero-order chi connectivity index (χ0) is 11.0. The molecule has 2 nitrogen and oxygen atoms in total. The van der Waals surface area contributed by atoms with Crippen molar-refractivity contribution in [2.45, 2.75) is 38.2 Å². The minimum absolute atomic E-state index is 0.278. The summed E-state index contributed by atoms with van der Waals surface area (Å²) in [6.45, 7) is 0.830. The third-order valence-electron chi connectivity index (χ3n) is 3.57. The fraction of sp³-hybridized carbons (Fsp3) is 0.571. The highest BCUT2D eigenvalue weighted by molar-refractivity contribution is 5.39. The second-order valence-electron chi connectivity index (χ2n) is 5.01. The van der Waals surface area contributed by atoms with Crippen LogP contribution in [0.3, 0.4) is 0 Å². The van der Waals surface area contributed by atoms with E-state index >= 15 is 0 Å². The molecule has 0 saturated heterocycles. The van der Waals surface area contributed by atoms with Crippen molar-refractivity contribution in [1.82, 2.24) is 0 Å². The number of hydrogen-bond donors (Lipinski definition) is 1. The number of rotatable bonds is 3. The Morgan fingerprint density at radius 2 is 2.25 bits per heavy atom. The summed E-state index contributed by atoms with van der Waals surface area (Å²) in [4.78, 5) is 0. The summed E-state index contributed by atoms with van der Waals surface area (Å²) in [5.74, 6) is 1.77. The average Bonchev–Trinajstić information content (AvgIpc) is 3.12. The van der Waals surface area contributed by atoms with Crippen LogP contribution in [0.2, 0.25) is 0 Å². The molecule has 1 heterocycles. The molecule has 0 radical (unpaired) electrons. The van der Waals surface area contributed by atoms with Crippen molar-refractivity contribution in [3.05, 3.63) is 29.3 Å². The second kappa shape index (κ2) is 4.10. The van der Waals surface area contributed by atoms with Gasteiger partial charge in [0.1, 0.15) is 5.75 Å². The van der Waals surface area contributed by atoms with Crippen molar-refractivity contribution in [3.63, 3.8) is 0 Å². The van der Waals surface area contributed by atoms with Gasteiger partial charge in [0, 0.05) is 0 Å². The molecule has 1 aliphatic carbocycles. The van der Waals surface area contributed by atoms with Gasteiger partial charge in [-0.15, -0.1) is 0 Å². The lowest BCUT2D eigenvalue weighted by molar-refractivity contribution is 0.160. The zero-order valence-corrected chi connectivity index (χ0v) is 9.48. The molecule has 86 valence electrons. The Morgan fingerprint density at radius 3 is 3.06 bits per heavy atom. The molecular weight excluding hydrogens is 200 g/mol. The summed E-state index contributed by atoms with van der Waals surface area (Å²) in [7, 11) is 0. The number of aliphatic hydroxyl groups excluding tert-OH is 1. The summed E-state index contributed by atoms with van der Waals surface area (Å²) in [5, 5.41) is 10.1. The van der Waals surface area contributed by atoms with Gasteiger partial charge in [0.25, 0.3) is 0 Å². The van der Waals surface area contributed by atoms with Gasteiger partial charge in [-0.2, -0.15) is 0 Å². The van der Waals surface area contributed by atoms with Crippen LogP contribution >= 0.6 is 0 Å². The molecule has 1 aromatic rings. The Balaban J connectivity index is 1.78. The van der Waals surface area contributed by atoms with Gasteiger partial charge in [-0.3, -0.25) is 0 Å². The Bertz CT molecular complexity index is 382. The Morgan fingerprint density at radius 1 is 1.38 bits per heavy atom. The third kappa shape index (κ3) is 2.07. The molecule has 0 spiro atoms. The van der Waals surface area contributed by atoms with Gasteiger partial charge >= 0.3 is 0 Å². The van der Waals surface area contributed by atoms with E-state index in [0.717, 1.165) is 43.1 Å². The van der Waals surface area contributed by atoms with Crippen molar-refractivity contribution < 1.29 is 9.84 Å². The van der Waals surface area contributed by atoms with Crippen LogP contribution in [-0.2, 0) is 6.42 Å². The van der Waals surface area contributed by atoms with E-state index in [0.29, 0.717) is 0 Å². The minimum atomic E-state index is -0.278. The zero-order valence-electron chi connectivity index (χ0n) is 9.48. The van der Waals surface area contributed by atoms with Crippen molar-refractivity contribution >= 4 is 0 Å². The number of aliphatic hydroxyl groups is 1. The summed E-state index contributed by atoms with van der Waals surface area (Å²) in [6, 6.07) is 6.15. The van der Waals surface area contributed by atoms with Crippen LogP contribution in [0.1, 0.15) is 42.9 Å². The molecular formula is C14H18O2. The van der Waals surface area contributed by atoms with E-state index in [-0.39, 0.29) is 6.10 Å². The van der Waals surface area contributed by atoms with Crippen molar-refractivity contribution in [3.8, 4) is 5.75 Å². The number of hydrogen-bond acceptors (Lipinski definition) is 2. The van der Waals surface area contributed by atoms with E-state index in [9.17, 15) is 5.11 Å². The maximum absolute atomic E-state index is 10.1. The molecule has 16 heavy (non-hydrogen) atoms. The van der Waals surface area contributed by atoms with Gasteiger partial charge < -0.3 is 9.84 Å². The van der Waals surface area contributed by atoms with Crippen molar-refractivity contribution in [1.29, 1.82) is 0 Å². The van der Waals surface area contributed by atoms with Crippen LogP contribution in [0.5, 0.6) is 5.75 Å². The molecule has 2 heteroatoms. The van der Waals surface area contributed by atoms with Crippen LogP contribution in [0.25, 0.3) is 0 Å². The number of fused-ring (bicyclic) bond motifs is 1. The van der Waals surface area contributed by atoms with Crippen LogP contribution in [0, 0.1) is 5.92 Å². The standard InChI is InChI=1S/C14H18O2/c15-13(8-10-3-4-10)11-5-6-14-12(9-11)2-1-7-16-14/h5-6,9-10,13,15H,1-4,7-8H2. The predicted octanol–water partition coefficient (Wildman–Crippen LogP) is 2.85. The Hall–Kier alpha value is -1.02. The lowest BCUT2D eigenvalue weighted by Gasteiger charge is -2.19. The highest BCUT2D eigenvalue weighted by Gasteiger charge is 2.25. The molecule has 2 aliphatic rings. The number of benzene rings is 1. The number of ether oxygens (including phenoxy) is 1. The predicted molar refractivity (Wildman–Crippen MR) is 62.6 cm³/mol. The van der Waals surface area contributed by atoms with Gasteiger partial charge in [-0.05, 0) is 48.4 Å². The highest BCUT2D eigenvalue weighted by Crippen LogP contribution is 2.38. The smallest absolute Gasteiger partial charge is 0.122 e. The molecule has 1 atom stereocenters. The highest BCUT2D eigenvalue weighted by atomic mass is 16.5. The van der Waals surface area contributed by atoms with Crippen LogP contribution in [0.15, 0.2) is 18.2 Å². The molecule has 1 fully saturated rings. The summed E-state index contributed by atoms with van der Waals surface area (Å²) in [6.07, 6.45) is 5.42. The van der Waals surface area contributed by atoms with E-state index in [4.69, 9.17) is 4.74 Å². The molecule has 1 aromatic carbocycles. The fourth-order valence-corrected chi connectivity index (χ4v) is 2.39. The maximum Gasteiger partial charge on any atom is 0.122 e. The van der Waals surface area contributed by atoms with Gasteiger partial charge in [-0.25, -0.2) is 0 Å². The molecule has 3 rings (SSSR count). The fourth-order valence-electron chi connectivity index (χ4n) is 2.39. The van der Waals surface area contributed by atoms with Crippen molar-refractivity contribution in [2.24, 2.45) is 5.92 Å². The topological polar surface area (TPSA) is 29.5 Å². The van der Waals surface area contributed by atoms with Crippen LogP contribution < -0.4 is 4.74 Å². The molecule has 1 saturated carbocycles. The van der Waals surface area contributed by atoms with E-state index in [1.807, 2.05) is 12.1 Å². The largest absolute Gasteiger partial charge is 0.493 e. The third-order valence-corrected chi connectivity index (χ3v) is 3.57. The van der Waals surface area contributed by atoms with Crippen LogP contribution in [-0.4, -0.2) is 11.7 Å². The summed E-state index contributed by atoms with van der Waals surface area (Å²) >= 11 is 0. The maximum atomic E-state index is 10.1. The van der Waals surface area contributed by atoms with Gasteiger partial charge in [0.15, 0.2) is 0 Å². The SMILES string of the molecule is OC(CC1CC1)c1ccc2c(c1)CCCO2. The lowest BCUT2D eigenvalue weighted by atomic mass is 9.98. The number of aryl methyl sites for hydroxylation is 1. The first-order valence-corrected chi connectivity index (χ1v) is 6.26. The van der Waals surface area contributed by atoms with E-state index in [1.165, 1.54) is 18.4 Å². The van der Waals surface area contributed by atoms with E-state index < -0.39 is 0 Å². The average molecular weight is 218 g/mol. The first kappa shape index (κ1) is 10.2. The summed E-state index contributed by atoms with van der Waals surface area (Å²) in [5.41, 5.74) is 2.33. The quantitative estimate of drug-likeness (QED) is 0.845. The summed E-state index contributed by atoms with van der Waals surface area (Å²) < 4.78 is 5.57. The van der Waals surface area contributed by atoms with Gasteiger partial charge in [0.2, 0.25) is 0 Å².